The lowest BCUT2D eigenvalue weighted by atomic mass is 9.83. The molecule has 12 heteroatoms. The van der Waals surface area contributed by atoms with Crippen LogP contribution in [0, 0.1) is 17.8 Å². The van der Waals surface area contributed by atoms with Gasteiger partial charge in [0.15, 0.2) is 0 Å². The number of halogens is 1. The van der Waals surface area contributed by atoms with E-state index < -0.39 is 17.8 Å². The van der Waals surface area contributed by atoms with Crippen LogP contribution in [0.3, 0.4) is 0 Å². The summed E-state index contributed by atoms with van der Waals surface area (Å²) in [5, 5.41) is 12.6. The molecule has 0 radical (unpaired) electrons. The molecule has 2 saturated heterocycles. The van der Waals surface area contributed by atoms with Crippen molar-refractivity contribution in [2.45, 2.75) is 64.2 Å². The van der Waals surface area contributed by atoms with Crippen LogP contribution >= 0.6 is 11.6 Å². The summed E-state index contributed by atoms with van der Waals surface area (Å²) < 4.78 is 22.0. The zero-order chi connectivity index (χ0) is 30.5. The molecular weight excluding hydrogens is 564 g/mol. The minimum absolute atomic E-state index is 0.0128. The van der Waals surface area contributed by atoms with Gasteiger partial charge in [-0.3, -0.25) is 4.79 Å². The van der Waals surface area contributed by atoms with E-state index in [4.69, 9.17) is 25.8 Å². The van der Waals surface area contributed by atoms with Crippen molar-refractivity contribution >= 4 is 29.7 Å². The molecule has 1 aromatic carbocycles. The van der Waals surface area contributed by atoms with E-state index in [1.807, 2.05) is 39.0 Å². The Kier molecular flexibility index (Phi) is 13.6. The Bertz CT molecular complexity index is 1020. The minimum atomic E-state index is -0.619. The predicted octanol–water partition coefficient (Wildman–Crippen LogP) is 3.81. The number of alkyl carbamates (subject to hydrolysis) is 2. The first-order valence-corrected chi connectivity index (χ1v) is 15.2. The van der Waals surface area contributed by atoms with Gasteiger partial charge in [-0.25, -0.2) is 9.59 Å². The first kappa shape index (κ1) is 33.9. The van der Waals surface area contributed by atoms with Gasteiger partial charge in [-0.15, -0.1) is 0 Å². The van der Waals surface area contributed by atoms with Gasteiger partial charge >= 0.3 is 12.2 Å². The highest BCUT2D eigenvalue weighted by molar-refractivity contribution is 6.30. The fourth-order valence-corrected chi connectivity index (χ4v) is 5.63. The van der Waals surface area contributed by atoms with Crippen LogP contribution in [0.15, 0.2) is 24.3 Å². The lowest BCUT2D eigenvalue weighted by Gasteiger charge is -2.35. The van der Waals surface area contributed by atoms with Crippen LogP contribution in [0.25, 0.3) is 0 Å². The zero-order valence-electron chi connectivity index (χ0n) is 25.2. The SMILES string of the molecule is COC(=O)NCCO[C@@H](c1cccc(Cl)c1)C1CNCC(C(=O)NC[C@@H](C[C@H]2CCCOC2)NC(=O)OC(C)(C)C)C1. The number of piperidine rings is 1. The molecule has 2 aliphatic rings. The Labute approximate surface area is 254 Å². The van der Waals surface area contributed by atoms with Crippen LogP contribution in [-0.2, 0) is 23.7 Å². The lowest BCUT2D eigenvalue weighted by molar-refractivity contribution is -0.127. The lowest BCUT2D eigenvalue weighted by Crippen LogP contribution is -2.50. The topological polar surface area (TPSA) is 136 Å². The normalized spacial score (nSPS) is 22.4. The molecule has 2 heterocycles. The molecule has 236 valence electrons. The van der Waals surface area contributed by atoms with Gasteiger partial charge < -0.3 is 40.2 Å². The Morgan fingerprint density at radius 1 is 1.17 bits per heavy atom. The molecule has 2 unspecified atom stereocenters. The van der Waals surface area contributed by atoms with Gasteiger partial charge in [0.25, 0.3) is 0 Å². The summed E-state index contributed by atoms with van der Waals surface area (Å²) >= 11 is 6.29. The van der Waals surface area contributed by atoms with Crippen molar-refractivity contribution in [1.82, 2.24) is 21.3 Å². The van der Waals surface area contributed by atoms with E-state index >= 15 is 0 Å². The highest BCUT2D eigenvalue weighted by atomic mass is 35.5. The fraction of sp³-hybridized carbons (Fsp3) is 0.700. The molecule has 0 saturated carbocycles. The van der Waals surface area contributed by atoms with E-state index in [9.17, 15) is 14.4 Å². The van der Waals surface area contributed by atoms with Crippen LogP contribution in [0.2, 0.25) is 5.02 Å². The van der Waals surface area contributed by atoms with Crippen molar-refractivity contribution in [2.24, 2.45) is 17.8 Å². The Balaban J connectivity index is 1.61. The summed E-state index contributed by atoms with van der Waals surface area (Å²) in [6.07, 6.45) is 1.94. The molecule has 1 aromatic rings. The maximum atomic E-state index is 13.4. The maximum Gasteiger partial charge on any atom is 0.407 e. The van der Waals surface area contributed by atoms with E-state index in [0.29, 0.717) is 50.0 Å². The van der Waals surface area contributed by atoms with Gasteiger partial charge in [0, 0.05) is 56.4 Å². The molecular formula is C30H47ClN4O7. The third-order valence-electron chi connectivity index (χ3n) is 7.33. The fourth-order valence-electron chi connectivity index (χ4n) is 5.44. The summed E-state index contributed by atoms with van der Waals surface area (Å²) in [4.78, 5) is 37.4. The number of methoxy groups -OCH3 is 1. The van der Waals surface area contributed by atoms with E-state index in [2.05, 4.69) is 26.0 Å². The van der Waals surface area contributed by atoms with E-state index in [0.717, 1.165) is 25.0 Å². The highest BCUT2D eigenvalue weighted by Gasteiger charge is 2.34. The van der Waals surface area contributed by atoms with Gasteiger partial charge in [0.1, 0.15) is 5.60 Å². The van der Waals surface area contributed by atoms with Crippen molar-refractivity contribution in [3.05, 3.63) is 34.9 Å². The van der Waals surface area contributed by atoms with Gasteiger partial charge in [0.05, 0.1) is 25.7 Å². The standard InChI is InChI=1S/C30H47ClN4O7/c1-30(2,3)42-29(38)35-25(13-20-7-6-11-40-19-20)18-34-27(36)23-14-22(16-32-17-23)26(21-8-5-9-24(31)15-21)41-12-10-33-28(37)39-4/h5,8-9,15,20,22-23,25-26,32H,6-7,10-14,16-19H2,1-4H3,(H,33,37)(H,34,36)(H,35,38)/t20-,22?,23?,25-,26+/m1/s1. The molecule has 0 bridgehead atoms. The van der Waals surface area contributed by atoms with Gasteiger partial charge in [-0.2, -0.15) is 0 Å². The van der Waals surface area contributed by atoms with Crippen molar-refractivity contribution in [2.75, 3.05) is 53.1 Å². The Morgan fingerprint density at radius 3 is 2.67 bits per heavy atom. The molecule has 2 aliphatic heterocycles. The van der Waals surface area contributed by atoms with Gasteiger partial charge in [-0.05, 0) is 70.1 Å². The molecule has 0 aromatic heterocycles. The average molecular weight is 611 g/mol. The molecule has 3 amide bonds. The summed E-state index contributed by atoms with van der Waals surface area (Å²) in [6, 6.07) is 7.21. The summed E-state index contributed by atoms with van der Waals surface area (Å²) in [5.74, 6) is -0.0792. The maximum absolute atomic E-state index is 13.4. The number of amides is 3. The van der Waals surface area contributed by atoms with Crippen molar-refractivity contribution in [3.63, 3.8) is 0 Å². The molecule has 2 fully saturated rings. The average Bonchev–Trinajstić information content (AvgIpc) is 2.95. The van der Waals surface area contributed by atoms with Gasteiger partial charge in [0.2, 0.25) is 5.91 Å². The van der Waals surface area contributed by atoms with Crippen LogP contribution in [0.1, 0.15) is 58.1 Å². The summed E-state index contributed by atoms with van der Waals surface area (Å²) in [6.45, 7) is 8.91. The summed E-state index contributed by atoms with van der Waals surface area (Å²) in [7, 11) is 1.31. The molecule has 42 heavy (non-hydrogen) atoms. The first-order valence-electron chi connectivity index (χ1n) is 14.8. The Hall–Kier alpha value is -2.60. The number of benzene rings is 1. The second kappa shape index (κ2) is 16.9. The monoisotopic (exact) mass is 610 g/mol. The predicted molar refractivity (Wildman–Crippen MR) is 159 cm³/mol. The number of ether oxygens (including phenoxy) is 4. The molecule has 0 spiro atoms. The number of hydrogen-bond donors (Lipinski definition) is 4. The van der Waals surface area contributed by atoms with Crippen LogP contribution < -0.4 is 21.3 Å². The van der Waals surface area contributed by atoms with Crippen molar-refractivity contribution in [1.29, 1.82) is 0 Å². The first-order chi connectivity index (χ1) is 20.0. The summed E-state index contributed by atoms with van der Waals surface area (Å²) in [5.41, 5.74) is 0.288. The quantitative estimate of drug-likeness (QED) is 0.262. The number of carbonyl (C=O) groups excluding carboxylic acids is 3. The van der Waals surface area contributed by atoms with Crippen LogP contribution in [0.4, 0.5) is 9.59 Å². The minimum Gasteiger partial charge on any atom is -0.453 e. The second-order valence-electron chi connectivity index (χ2n) is 12.0. The second-order valence-corrected chi connectivity index (χ2v) is 12.5. The number of hydrogen-bond acceptors (Lipinski definition) is 8. The molecule has 4 N–H and O–H groups in total. The number of nitrogens with one attached hydrogen (secondary N) is 4. The van der Waals surface area contributed by atoms with Crippen LogP contribution in [0.5, 0.6) is 0 Å². The van der Waals surface area contributed by atoms with Crippen molar-refractivity contribution in [3.8, 4) is 0 Å². The van der Waals surface area contributed by atoms with Crippen molar-refractivity contribution < 1.29 is 33.3 Å². The largest absolute Gasteiger partial charge is 0.453 e. The smallest absolute Gasteiger partial charge is 0.407 e. The molecule has 3 rings (SSSR count). The highest BCUT2D eigenvalue weighted by Crippen LogP contribution is 2.33. The Morgan fingerprint density at radius 2 is 1.98 bits per heavy atom. The zero-order valence-corrected chi connectivity index (χ0v) is 26.0. The van der Waals surface area contributed by atoms with E-state index in [-0.39, 0.29) is 43.0 Å². The van der Waals surface area contributed by atoms with E-state index in [1.165, 1.54) is 7.11 Å². The van der Waals surface area contributed by atoms with E-state index in [1.54, 1.807) is 6.07 Å². The molecule has 5 atom stereocenters. The molecule has 0 aliphatic carbocycles. The number of rotatable bonds is 12. The third-order valence-corrected chi connectivity index (χ3v) is 7.57. The molecule has 11 nitrogen and oxygen atoms in total. The third kappa shape index (κ3) is 11.9. The van der Waals surface area contributed by atoms with Crippen LogP contribution in [-0.4, -0.2) is 82.8 Å². The number of carbonyl (C=O) groups is 3. The van der Waals surface area contributed by atoms with Gasteiger partial charge in [-0.1, -0.05) is 23.7 Å².